The van der Waals surface area contributed by atoms with Crippen LogP contribution < -0.4 is 5.32 Å². The van der Waals surface area contributed by atoms with Crippen LogP contribution in [-0.2, 0) is 6.42 Å². The van der Waals surface area contributed by atoms with E-state index in [1.165, 1.54) is 26.2 Å². The molecule has 2 aromatic carbocycles. The minimum absolute atomic E-state index is 0.333. The van der Waals surface area contributed by atoms with Crippen molar-refractivity contribution < 1.29 is 0 Å². The topological polar surface area (TPSA) is 12.0 Å². The molecule has 0 bridgehead atoms. The molecule has 1 heterocycles. The number of thiophene rings is 1. The second kappa shape index (κ2) is 5.68. The number of nitrogens with one attached hydrogen (secondary N) is 1. The molecule has 3 aromatic rings. The molecule has 0 amide bonds. The summed E-state index contributed by atoms with van der Waals surface area (Å²) in [6.07, 6.45) is 1.08. The lowest BCUT2D eigenvalue weighted by Crippen LogP contribution is -2.04. The van der Waals surface area contributed by atoms with E-state index < -0.39 is 0 Å². The average molecular weight is 281 g/mol. The van der Waals surface area contributed by atoms with Crippen LogP contribution in [0.3, 0.4) is 0 Å². The molecule has 2 heteroatoms. The van der Waals surface area contributed by atoms with Crippen molar-refractivity contribution in [3.05, 3.63) is 65.0 Å². The number of aryl methyl sites for hydroxylation is 1. The molecule has 1 N–H and O–H groups in total. The molecule has 1 nitrogen and oxygen atoms in total. The number of benzene rings is 2. The fourth-order valence-corrected chi connectivity index (χ4v) is 3.48. The third-order valence-corrected chi connectivity index (χ3v) is 4.89. The Morgan fingerprint density at radius 1 is 1.05 bits per heavy atom. The van der Waals surface area contributed by atoms with Crippen molar-refractivity contribution in [2.24, 2.45) is 0 Å². The van der Waals surface area contributed by atoms with E-state index in [2.05, 4.69) is 73.8 Å². The number of hydrogen-bond acceptors (Lipinski definition) is 2. The summed E-state index contributed by atoms with van der Waals surface area (Å²) < 4.78 is 1.36. The van der Waals surface area contributed by atoms with Gasteiger partial charge in [0.15, 0.2) is 0 Å². The van der Waals surface area contributed by atoms with E-state index in [-0.39, 0.29) is 0 Å². The Hall–Kier alpha value is -1.80. The van der Waals surface area contributed by atoms with Crippen LogP contribution >= 0.6 is 11.3 Å². The van der Waals surface area contributed by atoms with Gasteiger partial charge in [-0.2, -0.15) is 0 Å². The highest BCUT2D eigenvalue weighted by atomic mass is 32.1. The van der Waals surface area contributed by atoms with Crippen molar-refractivity contribution in [2.45, 2.75) is 26.3 Å². The summed E-state index contributed by atoms with van der Waals surface area (Å²) in [5, 5.41) is 4.94. The predicted molar refractivity (Wildman–Crippen MR) is 89.7 cm³/mol. The predicted octanol–water partition coefficient (Wildman–Crippen LogP) is 5.64. The van der Waals surface area contributed by atoms with Gasteiger partial charge in [0.1, 0.15) is 0 Å². The normalized spacial score (nSPS) is 12.5. The van der Waals surface area contributed by atoms with Crippen molar-refractivity contribution in [1.29, 1.82) is 0 Å². The standard InChI is InChI=1S/C18H19NS/c1-3-14-7-6-9-16(11-14)19-13(2)18-12-15-8-4-5-10-17(15)20-18/h4-13,19H,3H2,1-2H3. The zero-order valence-electron chi connectivity index (χ0n) is 11.9. The van der Waals surface area contributed by atoms with E-state index in [1.807, 2.05) is 11.3 Å². The molecule has 1 atom stereocenters. The monoisotopic (exact) mass is 281 g/mol. The number of hydrogen-bond donors (Lipinski definition) is 1. The van der Waals surface area contributed by atoms with Gasteiger partial charge in [0.05, 0.1) is 6.04 Å². The first kappa shape index (κ1) is 13.2. The lowest BCUT2D eigenvalue weighted by Gasteiger charge is -2.14. The zero-order valence-corrected chi connectivity index (χ0v) is 12.7. The smallest absolute Gasteiger partial charge is 0.0578 e. The highest BCUT2D eigenvalue weighted by Crippen LogP contribution is 2.31. The first-order valence-electron chi connectivity index (χ1n) is 7.10. The van der Waals surface area contributed by atoms with E-state index in [0.717, 1.165) is 6.42 Å². The SMILES string of the molecule is CCc1cccc(NC(C)c2cc3ccccc3s2)c1. The van der Waals surface area contributed by atoms with Crippen molar-refractivity contribution in [3.8, 4) is 0 Å². The molecule has 0 saturated carbocycles. The molecular formula is C18H19NS. The lowest BCUT2D eigenvalue weighted by molar-refractivity contribution is 0.908. The minimum atomic E-state index is 0.333. The van der Waals surface area contributed by atoms with Gasteiger partial charge in [0, 0.05) is 15.3 Å². The molecule has 20 heavy (non-hydrogen) atoms. The number of fused-ring (bicyclic) bond motifs is 1. The first-order chi connectivity index (χ1) is 9.76. The van der Waals surface area contributed by atoms with Gasteiger partial charge in [-0.05, 0) is 48.6 Å². The summed E-state index contributed by atoms with van der Waals surface area (Å²) in [4.78, 5) is 1.38. The van der Waals surface area contributed by atoms with Crippen LogP contribution in [0.1, 0.15) is 30.3 Å². The third-order valence-electron chi connectivity index (χ3n) is 3.59. The zero-order chi connectivity index (χ0) is 13.9. The molecule has 0 aliphatic heterocycles. The fourth-order valence-electron chi connectivity index (χ4n) is 2.42. The number of rotatable bonds is 4. The average Bonchev–Trinajstić information content (AvgIpc) is 2.91. The molecule has 0 radical (unpaired) electrons. The van der Waals surface area contributed by atoms with E-state index in [0.29, 0.717) is 6.04 Å². The molecule has 0 aliphatic carbocycles. The second-order valence-electron chi connectivity index (χ2n) is 5.11. The van der Waals surface area contributed by atoms with Crippen LogP contribution in [-0.4, -0.2) is 0 Å². The maximum absolute atomic E-state index is 3.60. The minimum Gasteiger partial charge on any atom is -0.378 e. The third kappa shape index (κ3) is 2.70. The summed E-state index contributed by atoms with van der Waals surface area (Å²) in [6.45, 7) is 4.41. The summed E-state index contributed by atoms with van der Waals surface area (Å²) in [5.41, 5.74) is 2.58. The molecule has 1 aromatic heterocycles. The Morgan fingerprint density at radius 2 is 1.90 bits per heavy atom. The molecule has 0 aliphatic rings. The number of anilines is 1. The molecule has 1 unspecified atom stereocenters. The Kier molecular flexibility index (Phi) is 3.75. The van der Waals surface area contributed by atoms with Gasteiger partial charge in [-0.25, -0.2) is 0 Å². The van der Waals surface area contributed by atoms with Gasteiger partial charge >= 0.3 is 0 Å². The summed E-state index contributed by atoms with van der Waals surface area (Å²) >= 11 is 1.87. The van der Waals surface area contributed by atoms with Gasteiger partial charge in [0.2, 0.25) is 0 Å². The first-order valence-corrected chi connectivity index (χ1v) is 7.92. The largest absolute Gasteiger partial charge is 0.378 e. The quantitative estimate of drug-likeness (QED) is 0.653. The van der Waals surface area contributed by atoms with Gasteiger partial charge in [-0.3, -0.25) is 0 Å². The van der Waals surface area contributed by atoms with E-state index in [1.54, 1.807) is 0 Å². The Labute approximate surface area is 124 Å². The summed E-state index contributed by atoms with van der Waals surface area (Å²) in [6, 6.07) is 19.9. The molecule has 0 saturated heterocycles. The Morgan fingerprint density at radius 3 is 2.70 bits per heavy atom. The lowest BCUT2D eigenvalue weighted by atomic mass is 10.1. The van der Waals surface area contributed by atoms with Crippen LogP contribution in [0.4, 0.5) is 5.69 Å². The Bertz CT molecular complexity index is 681. The highest BCUT2D eigenvalue weighted by Gasteiger charge is 2.09. The van der Waals surface area contributed by atoms with Crippen LogP contribution in [0, 0.1) is 0 Å². The van der Waals surface area contributed by atoms with E-state index in [9.17, 15) is 0 Å². The van der Waals surface area contributed by atoms with Gasteiger partial charge in [0.25, 0.3) is 0 Å². The molecule has 0 spiro atoms. The van der Waals surface area contributed by atoms with Crippen LogP contribution in [0.15, 0.2) is 54.6 Å². The molecule has 3 rings (SSSR count). The van der Waals surface area contributed by atoms with Crippen LogP contribution in [0.5, 0.6) is 0 Å². The molecular weight excluding hydrogens is 262 g/mol. The van der Waals surface area contributed by atoms with Crippen molar-refractivity contribution >= 4 is 27.1 Å². The summed E-state index contributed by atoms with van der Waals surface area (Å²) in [5.74, 6) is 0. The van der Waals surface area contributed by atoms with E-state index >= 15 is 0 Å². The van der Waals surface area contributed by atoms with Crippen molar-refractivity contribution in [2.75, 3.05) is 5.32 Å². The van der Waals surface area contributed by atoms with E-state index in [4.69, 9.17) is 0 Å². The van der Waals surface area contributed by atoms with Gasteiger partial charge < -0.3 is 5.32 Å². The highest BCUT2D eigenvalue weighted by molar-refractivity contribution is 7.19. The van der Waals surface area contributed by atoms with Gasteiger partial charge in [-0.1, -0.05) is 37.3 Å². The van der Waals surface area contributed by atoms with Crippen molar-refractivity contribution in [3.63, 3.8) is 0 Å². The maximum Gasteiger partial charge on any atom is 0.0578 e. The molecule has 102 valence electrons. The van der Waals surface area contributed by atoms with Crippen LogP contribution in [0.25, 0.3) is 10.1 Å². The molecule has 0 fully saturated rings. The fraction of sp³-hybridized carbons (Fsp3) is 0.222. The maximum atomic E-state index is 3.60. The second-order valence-corrected chi connectivity index (χ2v) is 6.22. The Balaban J connectivity index is 1.82. The summed E-state index contributed by atoms with van der Waals surface area (Å²) in [7, 11) is 0. The van der Waals surface area contributed by atoms with Crippen LogP contribution in [0.2, 0.25) is 0 Å². The van der Waals surface area contributed by atoms with Crippen molar-refractivity contribution in [1.82, 2.24) is 0 Å². The van der Waals surface area contributed by atoms with Gasteiger partial charge in [-0.15, -0.1) is 11.3 Å².